The van der Waals surface area contributed by atoms with Crippen LogP contribution in [0, 0.1) is 0 Å². The third-order valence-electron chi connectivity index (χ3n) is 11.8. The zero-order valence-electron chi connectivity index (χ0n) is 30.8. The molecule has 0 atom stereocenters. The Labute approximate surface area is 325 Å². The van der Waals surface area contributed by atoms with E-state index in [1.54, 1.807) is 0 Å². The fourth-order valence-electron chi connectivity index (χ4n) is 9.11. The summed E-state index contributed by atoms with van der Waals surface area (Å²) in [5, 5.41) is 7.63. The Balaban J connectivity index is 1.12. The Morgan fingerprint density at radius 3 is 1.96 bits per heavy atom. The molecule has 0 saturated carbocycles. The lowest BCUT2D eigenvalue weighted by Crippen LogP contribution is -2.16. The van der Waals surface area contributed by atoms with Crippen molar-refractivity contribution < 1.29 is 0 Å². The molecule has 0 saturated heterocycles. The van der Waals surface area contributed by atoms with E-state index in [1.807, 2.05) is 11.3 Å². The summed E-state index contributed by atoms with van der Waals surface area (Å²) < 4.78 is 2.60. The predicted octanol–water partition coefficient (Wildman–Crippen LogP) is 15.5. The van der Waals surface area contributed by atoms with Crippen LogP contribution in [0.5, 0.6) is 0 Å². The van der Waals surface area contributed by atoms with Crippen LogP contribution < -0.4 is 4.90 Å². The molecule has 0 radical (unpaired) electrons. The van der Waals surface area contributed by atoms with Gasteiger partial charge in [0.1, 0.15) is 0 Å². The van der Waals surface area contributed by atoms with Crippen molar-refractivity contribution in [3.63, 3.8) is 0 Å². The van der Waals surface area contributed by atoms with Gasteiger partial charge < -0.3 is 4.90 Å². The van der Waals surface area contributed by atoms with Crippen molar-refractivity contribution >= 4 is 70.1 Å². The minimum Gasteiger partial charge on any atom is -0.309 e. The van der Waals surface area contributed by atoms with Gasteiger partial charge in [-0.25, -0.2) is 0 Å². The zero-order chi connectivity index (χ0) is 36.7. The van der Waals surface area contributed by atoms with Crippen molar-refractivity contribution in [3.8, 4) is 33.4 Å². The molecule has 1 aliphatic rings. The topological polar surface area (TPSA) is 3.24 Å². The number of anilines is 3. The lowest BCUT2D eigenvalue weighted by atomic mass is 9.81. The first-order valence-corrected chi connectivity index (χ1v) is 19.9. The standard InChI is InChI=1S/C53H37NS/c1-53(2)46-21-11-10-19-44(46)51-47(53)32-39-15-8-9-18-43(39)52(51)54(40-16-4-3-5-17-40)41-29-30-48-45(33-41)50-42(20-12-22-49(50)55-48)36-26-23-35(24-27-36)38-28-25-34-13-6-7-14-37(34)31-38/h3-33H,1-2H3. The van der Waals surface area contributed by atoms with E-state index < -0.39 is 0 Å². The minimum atomic E-state index is -0.126. The molecule has 0 N–H and O–H groups in total. The van der Waals surface area contributed by atoms with E-state index in [9.17, 15) is 0 Å². The van der Waals surface area contributed by atoms with Gasteiger partial charge in [-0.2, -0.15) is 0 Å². The quantitative estimate of drug-likeness (QED) is 0.171. The highest BCUT2D eigenvalue weighted by Gasteiger charge is 2.39. The third kappa shape index (κ3) is 4.99. The second-order valence-electron chi connectivity index (χ2n) is 15.3. The molecule has 0 unspecified atom stereocenters. The van der Waals surface area contributed by atoms with Crippen molar-refractivity contribution in [1.82, 2.24) is 0 Å². The molecular formula is C53H37NS. The highest BCUT2D eigenvalue weighted by Crippen LogP contribution is 2.57. The summed E-state index contributed by atoms with van der Waals surface area (Å²) >= 11 is 1.88. The average molecular weight is 720 g/mol. The normalized spacial score (nSPS) is 13.1. The Bertz CT molecular complexity index is 3110. The second kappa shape index (κ2) is 12.3. The molecule has 1 aliphatic carbocycles. The highest BCUT2D eigenvalue weighted by molar-refractivity contribution is 7.26. The van der Waals surface area contributed by atoms with Crippen LogP contribution in [0.4, 0.5) is 17.1 Å². The van der Waals surface area contributed by atoms with Crippen molar-refractivity contribution in [2.45, 2.75) is 19.3 Å². The summed E-state index contributed by atoms with van der Waals surface area (Å²) in [6, 6.07) is 69.6. The third-order valence-corrected chi connectivity index (χ3v) is 13.0. The maximum Gasteiger partial charge on any atom is 0.0621 e. The van der Waals surface area contributed by atoms with Gasteiger partial charge >= 0.3 is 0 Å². The van der Waals surface area contributed by atoms with E-state index in [0.29, 0.717) is 0 Å². The lowest BCUT2D eigenvalue weighted by molar-refractivity contribution is 0.661. The number of thiophene rings is 1. The lowest BCUT2D eigenvalue weighted by Gasteiger charge is -2.30. The van der Waals surface area contributed by atoms with E-state index >= 15 is 0 Å². The fraction of sp³-hybridized carbons (Fsp3) is 0.0566. The number of nitrogens with zero attached hydrogens (tertiary/aromatic N) is 1. The zero-order valence-corrected chi connectivity index (χ0v) is 31.6. The monoisotopic (exact) mass is 719 g/mol. The van der Waals surface area contributed by atoms with Gasteiger partial charge in [-0.05, 0) is 104 Å². The van der Waals surface area contributed by atoms with Gasteiger partial charge in [0.15, 0.2) is 0 Å². The van der Waals surface area contributed by atoms with Gasteiger partial charge in [0.05, 0.1) is 5.69 Å². The Hall–Kier alpha value is -6.48. The molecule has 9 aromatic carbocycles. The largest absolute Gasteiger partial charge is 0.309 e. The maximum absolute atomic E-state index is 2.52. The number of rotatable bonds is 5. The van der Waals surface area contributed by atoms with E-state index in [2.05, 4.69) is 207 Å². The molecule has 2 heteroatoms. The van der Waals surface area contributed by atoms with Crippen molar-refractivity contribution in [3.05, 3.63) is 199 Å². The predicted molar refractivity (Wildman–Crippen MR) is 237 cm³/mol. The molecule has 260 valence electrons. The molecular weight excluding hydrogens is 683 g/mol. The first kappa shape index (κ1) is 32.0. The summed E-state index contributed by atoms with van der Waals surface area (Å²) in [6.07, 6.45) is 0. The average Bonchev–Trinajstić information content (AvgIpc) is 3.72. The van der Waals surface area contributed by atoms with Crippen LogP contribution in [0.25, 0.3) is 75.1 Å². The van der Waals surface area contributed by atoms with E-state index in [1.165, 1.54) is 91.9 Å². The minimum absolute atomic E-state index is 0.126. The molecule has 1 nitrogen and oxygen atoms in total. The van der Waals surface area contributed by atoms with Gasteiger partial charge in [0, 0.05) is 47.9 Å². The molecule has 0 fully saturated rings. The van der Waals surface area contributed by atoms with Gasteiger partial charge in [-0.1, -0.05) is 153 Å². The molecule has 1 aromatic heterocycles. The number of benzene rings is 9. The molecule has 55 heavy (non-hydrogen) atoms. The van der Waals surface area contributed by atoms with E-state index in [4.69, 9.17) is 0 Å². The van der Waals surface area contributed by atoms with Crippen LogP contribution >= 0.6 is 11.3 Å². The Morgan fingerprint density at radius 1 is 0.418 bits per heavy atom. The van der Waals surface area contributed by atoms with Crippen molar-refractivity contribution in [1.29, 1.82) is 0 Å². The first-order chi connectivity index (χ1) is 27.0. The molecule has 10 aromatic rings. The second-order valence-corrected chi connectivity index (χ2v) is 16.4. The highest BCUT2D eigenvalue weighted by atomic mass is 32.1. The van der Waals surface area contributed by atoms with Crippen LogP contribution in [0.1, 0.15) is 25.0 Å². The molecule has 0 spiro atoms. The van der Waals surface area contributed by atoms with Gasteiger partial charge in [-0.3, -0.25) is 0 Å². The number of hydrogen-bond acceptors (Lipinski definition) is 2. The summed E-state index contributed by atoms with van der Waals surface area (Å²) in [5.41, 5.74) is 13.8. The van der Waals surface area contributed by atoms with Crippen molar-refractivity contribution in [2.24, 2.45) is 0 Å². The van der Waals surface area contributed by atoms with Crippen LogP contribution in [0.15, 0.2) is 188 Å². The summed E-state index contributed by atoms with van der Waals surface area (Å²) in [5.74, 6) is 0. The smallest absolute Gasteiger partial charge is 0.0621 e. The molecule has 0 aliphatic heterocycles. The Morgan fingerprint density at radius 2 is 1.11 bits per heavy atom. The summed E-state index contributed by atoms with van der Waals surface area (Å²) in [6.45, 7) is 4.75. The summed E-state index contributed by atoms with van der Waals surface area (Å²) in [7, 11) is 0. The number of para-hydroxylation sites is 1. The van der Waals surface area contributed by atoms with Crippen LogP contribution in [-0.4, -0.2) is 0 Å². The first-order valence-electron chi connectivity index (χ1n) is 19.1. The summed E-state index contributed by atoms with van der Waals surface area (Å²) in [4.78, 5) is 2.52. The molecule has 11 rings (SSSR count). The SMILES string of the molecule is CC1(C)c2ccccc2-c2c1cc1ccccc1c2N(c1ccccc1)c1ccc2sc3cccc(-c4ccc(-c5ccc6ccccc6c5)cc4)c3c2c1. The Kier molecular flexibility index (Phi) is 7.14. The van der Waals surface area contributed by atoms with E-state index in [-0.39, 0.29) is 5.41 Å². The van der Waals surface area contributed by atoms with Crippen LogP contribution in [0.2, 0.25) is 0 Å². The number of hydrogen-bond donors (Lipinski definition) is 0. The van der Waals surface area contributed by atoms with Gasteiger partial charge in [0.25, 0.3) is 0 Å². The van der Waals surface area contributed by atoms with Crippen LogP contribution in [-0.2, 0) is 5.41 Å². The van der Waals surface area contributed by atoms with Gasteiger partial charge in [-0.15, -0.1) is 11.3 Å². The van der Waals surface area contributed by atoms with Crippen molar-refractivity contribution in [2.75, 3.05) is 4.90 Å². The molecule has 0 bridgehead atoms. The van der Waals surface area contributed by atoms with Crippen LogP contribution in [0.3, 0.4) is 0 Å². The van der Waals surface area contributed by atoms with Gasteiger partial charge in [0.2, 0.25) is 0 Å². The molecule has 0 amide bonds. The maximum atomic E-state index is 2.52. The fourth-order valence-corrected chi connectivity index (χ4v) is 10.2. The number of fused-ring (bicyclic) bond motifs is 8. The van der Waals surface area contributed by atoms with E-state index in [0.717, 1.165) is 11.4 Å². The molecule has 1 heterocycles.